The number of aryl methyl sites for hydroxylation is 1. The average Bonchev–Trinajstić information content (AvgIpc) is 3.18. The van der Waals surface area contributed by atoms with E-state index < -0.39 is 0 Å². The maximum atomic E-state index is 12.2. The quantitative estimate of drug-likeness (QED) is 0.593. The van der Waals surface area contributed by atoms with Gasteiger partial charge in [-0.2, -0.15) is 0 Å². The molecule has 3 rings (SSSR count). The van der Waals surface area contributed by atoms with Gasteiger partial charge >= 0.3 is 5.97 Å². The van der Waals surface area contributed by atoms with E-state index in [2.05, 4.69) is 25.3 Å². The van der Waals surface area contributed by atoms with Crippen LogP contribution in [0.3, 0.4) is 0 Å². The topological polar surface area (TPSA) is 93.2 Å². The predicted molar refractivity (Wildman–Crippen MR) is 109 cm³/mol. The van der Waals surface area contributed by atoms with Gasteiger partial charge in [0, 0.05) is 12.7 Å². The SMILES string of the molecule is COC(=O)CCNC(=O)c1ccc(-c2cccc(Nc3cc(C)ccn3)n2)s1. The first-order valence-corrected chi connectivity index (χ1v) is 9.49. The fraction of sp³-hybridized carbons (Fsp3) is 0.200. The largest absolute Gasteiger partial charge is 0.469 e. The smallest absolute Gasteiger partial charge is 0.307 e. The third-order valence-corrected chi connectivity index (χ3v) is 4.95. The second-order valence-electron chi connectivity index (χ2n) is 6.00. The lowest BCUT2D eigenvalue weighted by Crippen LogP contribution is -2.25. The van der Waals surface area contributed by atoms with E-state index in [0.717, 1.165) is 22.0 Å². The fourth-order valence-electron chi connectivity index (χ4n) is 2.44. The Morgan fingerprint density at radius 2 is 2.00 bits per heavy atom. The number of amides is 1. The molecule has 0 aliphatic heterocycles. The molecule has 0 aliphatic carbocycles. The normalized spacial score (nSPS) is 10.4. The highest BCUT2D eigenvalue weighted by Crippen LogP contribution is 2.28. The molecule has 0 saturated heterocycles. The van der Waals surface area contributed by atoms with E-state index in [9.17, 15) is 9.59 Å². The summed E-state index contributed by atoms with van der Waals surface area (Å²) in [6.45, 7) is 2.24. The molecular formula is C20H20N4O3S. The van der Waals surface area contributed by atoms with Crippen LogP contribution in [0.25, 0.3) is 10.6 Å². The molecule has 0 saturated carbocycles. The molecule has 144 valence electrons. The zero-order valence-corrected chi connectivity index (χ0v) is 16.4. The van der Waals surface area contributed by atoms with E-state index >= 15 is 0 Å². The van der Waals surface area contributed by atoms with Crippen LogP contribution in [0, 0.1) is 6.92 Å². The van der Waals surface area contributed by atoms with Crippen LogP contribution in [0.5, 0.6) is 0 Å². The zero-order chi connectivity index (χ0) is 19.9. The Bertz CT molecular complexity index is 987. The van der Waals surface area contributed by atoms with Gasteiger partial charge < -0.3 is 15.4 Å². The molecular weight excluding hydrogens is 376 g/mol. The second-order valence-corrected chi connectivity index (χ2v) is 7.08. The summed E-state index contributed by atoms with van der Waals surface area (Å²) < 4.78 is 4.55. The minimum atomic E-state index is -0.358. The molecule has 0 aliphatic rings. The summed E-state index contributed by atoms with van der Waals surface area (Å²) in [4.78, 5) is 33.6. The number of thiophene rings is 1. The molecule has 0 radical (unpaired) electrons. The number of carbonyl (C=O) groups excluding carboxylic acids is 2. The molecule has 0 spiro atoms. The van der Waals surface area contributed by atoms with Crippen molar-refractivity contribution in [1.29, 1.82) is 0 Å². The van der Waals surface area contributed by atoms with Gasteiger partial charge in [0.05, 0.1) is 29.0 Å². The number of aromatic nitrogens is 2. The number of nitrogens with zero attached hydrogens (tertiary/aromatic N) is 2. The zero-order valence-electron chi connectivity index (χ0n) is 15.6. The van der Waals surface area contributed by atoms with Crippen LogP contribution >= 0.6 is 11.3 Å². The van der Waals surface area contributed by atoms with Gasteiger partial charge in [-0.25, -0.2) is 9.97 Å². The fourth-order valence-corrected chi connectivity index (χ4v) is 3.33. The van der Waals surface area contributed by atoms with Crippen molar-refractivity contribution >= 4 is 34.8 Å². The summed E-state index contributed by atoms with van der Waals surface area (Å²) in [5.74, 6) is 0.816. The van der Waals surface area contributed by atoms with Crippen molar-refractivity contribution in [3.63, 3.8) is 0 Å². The Morgan fingerprint density at radius 1 is 1.14 bits per heavy atom. The van der Waals surface area contributed by atoms with Crippen LogP contribution in [0.15, 0.2) is 48.7 Å². The van der Waals surface area contributed by atoms with E-state index in [0.29, 0.717) is 10.7 Å². The summed E-state index contributed by atoms with van der Waals surface area (Å²) >= 11 is 1.34. The Labute approximate surface area is 166 Å². The third-order valence-electron chi connectivity index (χ3n) is 3.85. The molecule has 8 heteroatoms. The number of ether oxygens (including phenoxy) is 1. The number of carbonyl (C=O) groups is 2. The monoisotopic (exact) mass is 396 g/mol. The van der Waals surface area contributed by atoms with E-state index in [-0.39, 0.29) is 24.8 Å². The number of pyridine rings is 2. The Hall–Kier alpha value is -3.26. The van der Waals surface area contributed by atoms with Crippen LogP contribution in [-0.4, -0.2) is 35.5 Å². The van der Waals surface area contributed by atoms with Gasteiger partial charge in [0.2, 0.25) is 0 Å². The number of rotatable bonds is 7. The summed E-state index contributed by atoms with van der Waals surface area (Å²) in [5, 5.41) is 5.90. The molecule has 28 heavy (non-hydrogen) atoms. The van der Waals surface area contributed by atoms with Gasteiger partial charge in [-0.15, -0.1) is 11.3 Å². The second kappa shape index (κ2) is 9.09. The van der Waals surface area contributed by atoms with E-state index in [4.69, 9.17) is 0 Å². The minimum absolute atomic E-state index is 0.142. The minimum Gasteiger partial charge on any atom is -0.469 e. The van der Waals surface area contributed by atoms with Crippen molar-refractivity contribution in [2.75, 3.05) is 19.0 Å². The molecule has 0 aromatic carbocycles. The Morgan fingerprint density at radius 3 is 2.79 bits per heavy atom. The van der Waals surface area contributed by atoms with Gasteiger partial charge in [0.25, 0.3) is 5.91 Å². The summed E-state index contributed by atoms with van der Waals surface area (Å²) in [5.41, 5.74) is 1.87. The average molecular weight is 396 g/mol. The third kappa shape index (κ3) is 5.14. The molecule has 0 fully saturated rings. The molecule has 3 aromatic rings. The van der Waals surface area contributed by atoms with Crippen molar-refractivity contribution in [2.45, 2.75) is 13.3 Å². The van der Waals surface area contributed by atoms with Crippen LogP contribution < -0.4 is 10.6 Å². The highest BCUT2D eigenvalue weighted by Gasteiger charge is 2.12. The molecule has 0 unspecified atom stereocenters. The maximum absolute atomic E-state index is 12.2. The summed E-state index contributed by atoms with van der Waals surface area (Å²) in [6.07, 6.45) is 1.88. The van der Waals surface area contributed by atoms with Crippen molar-refractivity contribution in [2.24, 2.45) is 0 Å². The first kappa shape index (κ1) is 19.5. The lowest BCUT2D eigenvalue weighted by molar-refractivity contribution is -0.140. The van der Waals surface area contributed by atoms with Crippen LogP contribution in [0.1, 0.15) is 21.7 Å². The number of methoxy groups -OCH3 is 1. The highest BCUT2D eigenvalue weighted by atomic mass is 32.1. The van der Waals surface area contributed by atoms with E-state index in [1.807, 2.05) is 43.3 Å². The number of esters is 1. The summed E-state index contributed by atoms with van der Waals surface area (Å²) in [7, 11) is 1.32. The van der Waals surface area contributed by atoms with Crippen molar-refractivity contribution in [1.82, 2.24) is 15.3 Å². The number of hydrogen-bond acceptors (Lipinski definition) is 7. The van der Waals surface area contributed by atoms with Gasteiger partial charge in [-0.3, -0.25) is 9.59 Å². The molecule has 2 N–H and O–H groups in total. The van der Waals surface area contributed by atoms with Crippen LogP contribution in [-0.2, 0) is 9.53 Å². The molecule has 1 amide bonds. The molecule has 0 bridgehead atoms. The highest BCUT2D eigenvalue weighted by molar-refractivity contribution is 7.17. The first-order chi connectivity index (χ1) is 13.5. The van der Waals surface area contributed by atoms with E-state index in [1.54, 1.807) is 12.3 Å². The van der Waals surface area contributed by atoms with Gasteiger partial charge in [-0.1, -0.05) is 6.07 Å². The Kier molecular flexibility index (Phi) is 6.33. The van der Waals surface area contributed by atoms with Crippen molar-refractivity contribution < 1.29 is 14.3 Å². The van der Waals surface area contributed by atoms with Crippen molar-refractivity contribution in [3.05, 3.63) is 59.1 Å². The van der Waals surface area contributed by atoms with Crippen LogP contribution in [0.4, 0.5) is 11.6 Å². The molecule has 0 atom stereocenters. The number of nitrogens with one attached hydrogen (secondary N) is 2. The number of anilines is 2. The maximum Gasteiger partial charge on any atom is 0.307 e. The molecule has 3 heterocycles. The Balaban J connectivity index is 1.67. The molecule has 7 nitrogen and oxygen atoms in total. The lowest BCUT2D eigenvalue weighted by Gasteiger charge is -2.06. The van der Waals surface area contributed by atoms with Crippen LogP contribution in [0.2, 0.25) is 0 Å². The molecule has 3 aromatic heterocycles. The number of hydrogen-bond donors (Lipinski definition) is 2. The summed E-state index contributed by atoms with van der Waals surface area (Å²) in [6, 6.07) is 13.1. The van der Waals surface area contributed by atoms with Gasteiger partial charge in [0.15, 0.2) is 0 Å². The first-order valence-electron chi connectivity index (χ1n) is 8.67. The standard InChI is InChI=1S/C20H20N4O3S/c1-13-8-10-21-18(12-13)24-17-5-3-4-14(23-17)15-6-7-16(28-15)20(26)22-11-9-19(25)27-2/h3-8,10,12H,9,11H2,1-2H3,(H,22,26)(H,21,23,24). The van der Waals surface area contributed by atoms with Crippen molar-refractivity contribution in [3.8, 4) is 10.6 Å². The van der Waals surface area contributed by atoms with E-state index in [1.165, 1.54) is 18.4 Å². The lowest BCUT2D eigenvalue weighted by atomic mass is 10.3. The predicted octanol–water partition coefficient (Wildman–Crippen LogP) is 3.55. The van der Waals surface area contributed by atoms with Gasteiger partial charge in [-0.05, 0) is 48.9 Å². The van der Waals surface area contributed by atoms with Gasteiger partial charge in [0.1, 0.15) is 11.6 Å².